The maximum atomic E-state index is 10.6. The van der Waals surface area contributed by atoms with Crippen molar-refractivity contribution in [3.05, 3.63) is 30.5 Å². The second kappa shape index (κ2) is 6.58. The Kier molecular flexibility index (Phi) is 4.21. The van der Waals surface area contributed by atoms with Crippen LogP contribution in [-0.4, -0.2) is 47.3 Å². The van der Waals surface area contributed by atoms with E-state index in [2.05, 4.69) is 16.9 Å². The highest BCUT2D eigenvalue weighted by Crippen LogP contribution is 2.54. The van der Waals surface area contributed by atoms with Crippen LogP contribution in [0.4, 0.5) is 0 Å². The summed E-state index contributed by atoms with van der Waals surface area (Å²) in [5.74, 6) is 4.56. The number of fused-ring (bicyclic) bond motifs is 1. The number of aromatic nitrogens is 1. The standard InChI is InChI=1S/C22H30N2O2/c1-24(22-16-8-14-7-15(10-16)11-17(22)9-14)12-18(25)13-26-21-4-2-3-20-19(21)5-6-23-20/h2-6,14-18,22-23,25H,7-13H2,1H3/t14?,15?,16?,17?,18-,22?/m0/s1. The fourth-order valence-corrected chi connectivity index (χ4v) is 6.49. The first-order valence-corrected chi connectivity index (χ1v) is 10.2. The number of hydrogen-bond acceptors (Lipinski definition) is 3. The van der Waals surface area contributed by atoms with Crippen LogP contribution < -0.4 is 4.74 Å². The Labute approximate surface area is 155 Å². The van der Waals surface area contributed by atoms with Gasteiger partial charge in [0, 0.05) is 29.7 Å². The molecule has 6 rings (SSSR count). The zero-order valence-electron chi connectivity index (χ0n) is 15.6. The summed E-state index contributed by atoms with van der Waals surface area (Å²) in [5.41, 5.74) is 1.07. The number of nitrogens with one attached hydrogen (secondary N) is 1. The van der Waals surface area contributed by atoms with E-state index in [9.17, 15) is 5.11 Å². The van der Waals surface area contributed by atoms with Crippen LogP contribution in [-0.2, 0) is 0 Å². The van der Waals surface area contributed by atoms with E-state index >= 15 is 0 Å². The molecular weight excluding hydrogens is 324 g/mol. The molecule has 0 spiro atoms. The van der Waals surface area contributed by atoms with Gasteiger partial charge in [-0.05, 0) is 81.0 Å². The number of H-pyrrole nitrogens is 1. The van der Waals surface area contributed by atoms with Crippen molar-refractivity contribution >= 4 is 10.9 Å². The van der Waals surface area contributed by atoms with Gasteiger partial charge in [-0.2, -0.15) is 0 Å². The van der Waals surface area contributed by atoms with Gasteiger partial charge in [0.2, 0.25) is 0 Å². The van der Waals surface area contributed by atoms with Gasteiger partial charge in [-0.3, -0.25) is 0 Å². The maximum Gasteiger partial charge on any atom is 0.128 e. The Morgan fingerprint density at radius 2 is 1.85 bits per heavy atom. The van der Waals surface area contributed by atoms with Crippen molar-refractivity contribution in [2.45, 2.75) is 44.2 Å². The third-order valence-electron chi connectivity index (χ3n) is 7.17. The number of aliphatic hydroxyl groups excluding tert-OH is 1. The third kappa shape index (κ3) is 2.93. The Balaban J connectivity index is 1.19. The summed E-state index contributed by atoms with van der Waals surface area (Å²) in [4.78, 5) is 5.64. The van der Waals surface area contributed by atoms with Crippen LogP contribution in [0.5, 0.6) is 5.75 Å². The summed E-state index contributed by atoms with van der Waals surface area (Å²) in [5, 5.41) is 11.7. The average Bonchev–Trinajstić information content (AvgIpc) is 3.08. The van der Waals surface area contributed by atoms with Gasteiger partial charge in [0.25, 0.3) is 0 Å². The minimum absolute atomic E-state index is 0.349. The molecule has 4 aliphatic carbocycles. The first-order chi connectivity index (χ1) is 12.7. The molecule has 1 atom stereocenters. The Morgan fingerprint density at radius 3 is 2.58 bits per heavy atom. The predicted octanol–water partition coefficient (Wildman–Crippen LogP) is 3.66. The molecule has 2 N–H and O–H groups in total. The minimum atomic E-state index is -0.452. The first-order valence-electron chi connectivity index (χ1n) is 10.2. The van der Waals surface area contributed by atoms with Crippen molar-refractivity contribution in [2.24, 2.45) is 23.7 Å². The second-order valence-corrected chi connectivity index (χ2v) is 9.02. The molecule has 0 saturated heterocycles. The molecule has 4 bridgehead atoms. The minimum Gasteiger partial charge on any atom is -0.490 e. The first kappa shape index (κ1) is 16.6. The topological polar surface area (TPSA) is 48.5 Å². The number of rotatable bonds is 6. The second-order valence-electron chi connectivity index (χ2n) is 9.02. The molecule has 0 aliphatic heterocycles. The van der Waals surface area contributed by atoms with Crippen LogP contribution in [0.3, 0.4) is 0 Å². The van der Waals surface area contributed by atoms with Crippen LogP contribution in [0.2, 0.25) is 0 Å². The van der Waals surface area contributed by atoms with Gasteiger partial charge in [0.15, 0.2) is 0 Å². The van der Waals surface area contributed by atoms with Crippen molar-refractivity contribution < 1.29 is 9.84 Å². The smallest absolute Gasteiger partial charge is 0.128 e. The van der Waals surface area contributed by atoms with Crippen molar-refractivity contribution in [1.29, 1.82) is 0 Å². The highest BCUT2D eigenvalue weighted by atomic mass is 16.5. The molecule has 4 heteroatoms. The van der Waals surface area contributed by atoms with Crippen molar-refractivity contribution in [3.63, 3.8) is 0 Å². The van der Waals surface area contributed by atoms with Gasteiger partial charge in [-0.15, -0.1) is 0 Å². The Morgan fingerprint density at radius 1 is 1.12 bits per heavy atom. The molecule has 0 unspecified atom stereocenters. The fraction of sp³-hybridized carbons (Fsp3) is 0.636. The van der Waals surface area contributed by atoms with E-state index in [0.29, 0.717) is 19.2 Å². The predicted molar refractivity (Wildman–Crippen MR) is 103 cm³/mol. The van der Waals surface area contributed by atoms with Gasteiger partial charge in [-0.25, -0.2) is 0 Å². The SMILES string of the molecule is CN(C[C@H](O)COc1cccc2[nH]ccc12)C1C2CC3CC(C2)CC1C3. The Hall–Kier alpha value is -1.52. The zero-order chi connectivity index (χ0) is 17.7. The van der Waals surface area contributed by atoms with Crippen molar-refractivity contribution in [3.8, 4) is 5.75 Å². The molecule has 2 aromatic rings. The number of aromatic amines is 1. The normalized spacial score (nSPS) is 33.9. The molecule has 0 radical (unpaired) electrons. The van der Waals surface area contributed by atoms with Crippen LogP contribution >= 0.6 is 0 Å². The lowest BCUT2D eigenvalue weighted by Crippen LogP contribution is -2.56. The molecule has 4 nitrogen and oxygen atoms in total. The van der Waals surface area contributed by atoms with Crippen molar-refractivity contribution in [1.82, 2.24) is 9.88 Å². The molecule has 4 fully saturated rings. The summed E-state index contributed by atoms with van der Waals surface area (Å²) in [7, 11) is 2.21. The summed E-state index contributed by atoms with van der Waals surface area (Å²) in [6.07, 6.45) is 8.65. The molecule has 4 aliphatic rings. The van der Waals surface area contributed by atoms with Gasteiger partial charge in [-0.1, -0.05) is 6.07 Å². The largest absolute Gasteiger partial charge is 0.490 e. The number of hydrogen-bond donors (Lipinski definition) is 2. The molecule has 140 valence electrons. The third-order valence-corrected chi connectivity index (χ3v) is 7.17. The molecule has 0 amide bonds. The fourth-order valence-electron chi connectivity index (χ4n) is 6.49. The number of aliphatic hydroxyl groups is 1. The van der Waals surface area contributed by atoms with Crippen molar-refractivity contribution in [2.75, 3.05) is 20.2 Å². The van der Waals surface area contributed by atoms with E-state index < -0.39 is 6.10 Å². The van der Waals surface area contributed by atoms with E-state index in [1.807, 2.05) is 30.5 Å². The quantitative estimate of drug-likeness (QED) is 0.832. The highest BCUT2D eigenvalue weighted by molar-refractivity contribution is 5.85. The van der Waals surface area contributed by atoms with Gasteiger partial charge in [0.05, 0.1) is 0 Å². The summed E-state index contributed by atoms with van der Waals surface area (Å²) in [6.45, 7) is 1.05. The number of benzene rings is 1. The molecule has 26 heavy (non-hydrogen) atoms. The summed E-state index contributed by atoms with van der Waals surface area (Å²) in [6, 6.07) is 8.70. The lowest BCUT2D eigenvalue weighted by molar-refractivity contribution is -0.0685. The lowest BCUT2D eigenvalue weighted by atomic mass is 9.54. The van der Waals surface area contributed by atoms with Gasteiger partial charge < -0.3 is 19.7 Å². The Bertz CT molecular complexity index is 742. The van der Waals surface area contributed by atoms with E-state index in [0.717, 1.165) is 40.3 Å². The highest BCUT2D eigenvalue weighted by Gasteiger charge is 2.49. The summed E-state index contributed by atoms with van der Waals surface area (Å²) >= 11 is 0. The van der Waals surface area contributed by atoms with Crippen LogP contribution in [0.15, 0.2) is 30.5 Å². The van der Waals surface area contributed by atoms with Gasteiger partial charge in [0.1, 0.15) is 18.5 Å². The summed E-state index contributed by atoms with van der Waals surface area (Å²) < 4.78 is 5.95. The monoisotopic (exact) mass is 354 g/mol. The number of ether oxygens (including phenoxy) is 1. The molecule has 4 saturated carbocycles. The van der Waals surface area contributed by atoms with E-state index in [1.165, 1.54) is 32.1 Å². The molecule has 1 aromatic heterocycles. The van der Waals surface area contributed by atoms with Crippen LogP contribution in [0.1, 0.15) is 32.1 Å². The number of likely N-dealkylation sites (N-methyl/N-ethyl adjacent to an activating group) is 1. The molecule has 1 heterocycles. The molecule has 1 aromatic carbocycles. The maximum absolute atomic E-state index is 10.6. The van der Waals surface area contributed by atoms with Crippen LogP contribution in [0.25, 0.3) is 10.9 Å². The van der Waals surface area contributed by atoms with E-state index in [1.54, 1.807) is 0 Å². The average molecular weight is 354 g/mol. The van der Waals surface area contributed by atoms with Gasteiger partial charge >= 0.3 is 0 Å². The van der Waals surface area contributed by atoms with E-state index in [-0.39, 0.29) is 0 Å². The zero-order valence-corrected chi connectivity index (χ0v) is 15.6. The number of nitrogens with zero attached hydrogens (tertiary/aromatic N) is 1. The van der Waals surface area contributed by atoms with E-state index in [4.69, 9.17) is 4.74 Å². The molecular formula is C22H30N2O2. The van der Waals surface area contributed by atoms with Crippen LogP contribution in [0, 0.1) is 23.7 Å². The lowest BCUT2D eigenvalue weighted by Gasteiger charge is -2.57.